The van der Waals surface area contributed by atoms with Crippen LogP contribution < -0.4 is 5.73 Å². The topological polar surface area (TPSA) is 56.2 Å². The van der Waals surface area contributed by atoms with Crippen molar-refractivity contribution in [2.75, 3.05) is 5.73 Å². The first-order chi connectivity index (χ1) is 5.68. The van der Waals surface area contributed by atoms with E-state index >= 15 is 0 Å². The fourth-order valence-electron chi connectivity index (χ4n) is 1.15. The molecule has 2 aromatic heterocycles. The van der Waals surface area contributed by atoms with Gasteiger partial charge in [0.05, 0.1) is 5.69 Å². The molecule has 0 fully saturated rings. The third-order valence-corrected chi connectivity index (χ3v) is 1.84. The van der Waals surface area contributed by atoms with Crippen LogP contribution in [-0.4, -0.2) is 14.6 Å². The summed E-state index contributed by atoms with van der Waals surface area (Å²) in [7, 11) is 0. The Hall–Kier alpha value is -1.58. The molecule has 62 valence electrons. The van der Waals surface area contributed by atoms with E-state index in [1.54, 1.807) is 10.7 Å². The lowest BCUT2D eigenvalue weighted by atomic mass is 10.3. The first-order valence-corrected chi connectivity index (χ1v) is 3.76. The van der Waals surface area contributed by atoms with E-state index < -0.39 is 0 Å². The van der Waals surface area contributed by atoms with Crippen molar-refractivity contribution < 1.29 is 0 Å². The molecular weight excluding hydrogens is 152 g/mol. The number of nitrogens with two attached hydrogens (primary N) is 1. The van der Waals surface area contributed by atoms with Crippen molar-refractivity contribution >= 4 is 11.5 Å². The van der Waals surface area contributed by atoms with Crippen molar-refractivity contribution in [1.82, 2.24) is 14.6 Å². The first kappa shape index (κ1) is 7.09. The van der Waals surface area contributed by atoms with E-state index in [1.807, 2.05) is 19.9 Å². The zero-order chi connectivity index (χ0) is 8.72. The molecule has 4 heteroatoms. The predicted molar refractivity (Wildman–Crippen MR) is 46.9 cm³/mol. The highest BCUT2D eigenvalue weighted by Crippen LogP contribution is 2.11. The molecule has 0 spiro atoms. The maximum atomic E-state index is 5.79. The quantitative estimate of drug-likeness (QED) is 0.627. The molecule has 0 amide bonds. The van der Waals surface area contributed by atoms with Gasteiger partial charge in [0.1, 0.15) is 5.82 Å². The van der Waals surface area contributed by atoms with Gasteiger partial charge in [-0.15, -0.1) is 0 Å². The average molecular weight is 162 g/mol. The normalized spacial score (nSPS) is 10.8. The number of aromatic nitrogens is 3. The molecule has 0 aliphatic rings. The molecule has 2 rings (SSSR count). The Morgan fingerprint density at radius 1 is 1.42 bits per heavy atom. The van der Waals surface area contributed by atoms with E-state index in [2.05, 4.69) is 10.1 Å². The van der Waals surface area contributed by atoms with Crippen molar-refractivity contribution in [2.45, 2.75) is 13.8 Å². The van der Waals surface area contributed by atoms with Gasteiger partial charge in [-0.05, 0) is 13.8 Å². The van der Waals surface area contributed by atoms with Gasteiger partial charge in [0.15, 0.2) is 5.65 Å². The Balaban J connectivity index is 2.89. The second kappa shape index (κ2) is 2.20. The van der Waals surface area contributed by atoms with E-state index in [9.17, 15) is 0 Å². The summed E-state index contributed by atoms with van der Waals surface area (Å²) in [5.74, 6) is 0.660. The average Bonchev–Trinajstić information content (AvgIpc) is 2.39. The van der Waals surface area contributed by atoms with Crippen LogP contribution in [0, 0.1) is 13.8 Å². The minimum Gasteiger partial charge on any atom is -0.383 e. The third kappa shape index (κ3) is 0.845. The van der Waals surface area contributed by atoms with Gasteiger partial charge >= 0.3 is 0 Å². The molecule has 0 bridgehead atoms. The Bertz CT molecular complexity index is 430. The predicted octanol–water partition coefficient (Wildman–Crippen LogP) is 0.928. The van der Waals surface area contributed by atoms with E-state index in [-0.39, 0.29) is 0 Å². The van der Waals surface area contributed by atoms with Gasteiger partial charge in [-0.2, -0.15) is 9.61 Å². The molecular formula is C8H10N4. The van der Waals surface area contributed by atoms with Crippen molar-refractivity contribution in [2.24, 2.45) is 0 Å². The first-order valence-electron chi connectivity index (χ1n) is 3.76. The highest BCUT2D eigenvalue weighted by Gasteiger charge is 2.03. The Labute approximate surface area is 70.0 Å². The molecule has 2 N–H and O–H groups in total. The van der Waals surface area contributed by atoms with Gasteiger partial charge in [-0.3, -0.25) is 0 Å². The van der Waals surface area contributed by atoms with Crippen molar-refractivity contribution in [1.29, 1.82) is 0 Å². The summed E-state index contributed by atoms with van der Waals surface area (Å²) in [4.78, 5) is 4.18. The van der Waals surface area contributed by atoms with Crippen LogP contribution in [0.2, 0.25) is 0 Å². The van der Waals surface area contributed by atoms with Crippen LogP contribution in [-0.2, 0) is 0 Å². The molecule has 0 unspecified atom stereocenters. The summed E-state index contributed by atoms with van der Waals surface area (Å²) in [5.41, 5.74) is 8.47. The molecule has 0 radical (unpaired) electrons. The smallest absolute Gasteiger partial charge is 0.157 e. The molecule has 0 aliphatic carbocycles. The van der Waals surface area contributed by atoms with Gasteiger partial charge in [-0.25, -0.2) is 4.98 Å². The van der Waals surface area contributed by atoms with Crippen LogP contribution >= 0.6 is 0 Å². The largest absolute Gasteiger partial charge is 0.383 e. The minimum absolute atomic E-state index is 0.660. The van der Waals surface area contributed by atoms with Crippen molar-refractivity contribution in [3.63, 3.8) is 0 Å². The molecule has 0 aromatic carbocycles. The van der Waals surface area contributed by atoms with Crippen LogP contribution in [0.25, 0.3) is 5.65 Å². The maximum Gasteiger partial charge on any atom is 0.157 e. The Morgan fingerprint density at radius 3 is 2.92 bits per heavy atom. The number of anilines is 1. The molecule has 0 saturated carbocycles. The van der Waals surface area contributed by atoms with Gasteiger partial charge < -0.3 is 5.73 Å². The summed E-state index contributed by atoms with van der Waals surface area (Å²) in [5, 5.41) is 4.20. The second-order valence-corrected chi connectivity index (χ2v) is 2.88. The summed E-state index contributed by atoms with van der Waals surface area (Å²) < 4.78 is 1.66. The number of hydrogen-bond acceptors (Lipinski definition) is 3. The number of nitrogens with zero attached hydrogens (tertiary/aromatic N) is 3. The standard InChI is InChI=1S/C8H10N4/c1-5-4-10-7-3-6(2)11-12(7)8(5)9/h3-4H,9H2,1-2H3. The van der Waals surface area contributed by atoms with Gasteiger partial charge in [0.25, 0.3) is 0 Å². The number of fused-ring (bicyclic) bond motifs is 1. The summed E-state index contributed by atoms with van der Waals surface area (Å²) >= 11 is 0. The lowest BCUT2D eigenvalue weighted by Gasteiger charge is -2.00. The minimum atomic E-state index is 0.660. The van der Waals surface area contributed by atoms with Gasteiger partial charge in [0, 0.05) is 17.8 Å². The SMILES string of the molecule is Cc1cc2ncc(C)c(N)n2n1. The molecule has 2 heterocycles. The highest BCUT2D eigenvalue weighted by molar-refractivity contribution is 5.49. The zero-order valence-electron chi connectivity index (χ0n) is 7.07. The summed E-state index contributed by atoms with van der Waals surface area (Å²) in [6.07, 6.45) is 1.76. The van der Waals surface area contributed by atoms with E-state index in [0.29, 0.717) is 5.82 Å². The molecule has 4 nitrogen and oxygen atoms in total. The third-order valence-electron chi connectivity index (χ3n) is 1.84. The van der Waals surface area contributed by atoms with E-state index in [0.717, 1.165) is 16.9 Å². The number of nitrogen functional groups attached to an aromatic ring is 1. The Morgan fingerprint density at radius 2 is 2.17 bits per heavy atom. The molecule has 0 saturated heterocycles. The highest BCUT2D eigenvalue weighted by atomic mass is 15.3. The van der Waals surface area contributed by atoms with E-state index in [4.69, 9.17) is 5.73 Å². The molecule has 12 heavy (non-hydrogen) atoms. The second-order valence-electron chi connectivity index (χ2n) is 2.88. The number of hydrogen-bond donors (Lipinski definition) is 1. The fourth-order valence-corrected chi connectivity index (χ4v) is 1.15. The van der Waals surface area contributed by atoms with Gasteiger partial charge in [-0.1, -0.05) is 0 Å². The van der Waals surface area contributed by atoms with E-state index in [1.165, 1.54) is 0 Å². The van der Waals surface area contributed by atoms with Crippen molar-refractivity contribution in [3.8, 4) is 0 Å². The number of rotatable bonds is 0. The maximum absolute atomic E-state index is 5.79. The summed E-state index contributed by atoms with van der Waals surface area (Å²) in [6, 6.07) is 1.90. The molecule has 2 aromatic rings. The monoisotopic (exact) mass is 162 g/mol. The zero-order valence-corrected chi connectivity index (χ0v) is 7.07. The fraction of sp³-hybridized carbons (Fsp3) is 0.250. The lowest BCUT2D eigenvalue weighted by Crippen LogP contribution is -2.02. The van der Waals surface area contributed by atoms with Crippen LogP contribution in [0.4, 0.5) is 5.82 Å². The summed E-state index contributed by atoms with van der Waals surface area (Å²) in [6.45, 7) is 3.84. The van der Waals surface area contributed by atoms with Crippen LogP contribution in [0.5, 0.6) is 0 Å². The molecule has 0 aliphatic heterocycles. The Kier molecular flexibility index (Phi) is 1.30. The van der Waals surface area contributed by atoms with Crippen LogP contribution in [0.1, 0.15) is 11.3 Å². The molecule has 0 atom stereocenters. The van der Waals surface area contributed by atoms with Crippen LogP contribution in [0.3, 0.4) is 0 Å². The van der Waals surface area contributed by atoms with Gasteiger partial charge in [0.2, 0.25) is 0 Å². The number of aryl methyl sites for hydroxylation is 2. The van der Waals surface area contributed by atoms with Crippen molar-refractivity contribution in [3.05, 3.63) is 23.5 Å². The lowest BCUT2D eigenvalue weighted by molar-refractivity contribution is 0.920. The van der Waals surface area contributed by atoms with Crippen LogP contribution in [0.15, 0.2) is 12.3 Å².